The number of anilines is 1. The molecule has 3 aromatic rings. The van der Waals surface area contributed by atoms with Gasteiger partial charge in [-0.2, -0.15) is 17.9 Å². The molecule has 0 fully saturated rings. The second-order valence-electron chi connectivity index (χ2n) is 7.69. The fraction of sp³-hybridized carbons (Fsp3) is 0.273. The molecule has 172 valence electrons. The van der Waals surface area contributed by atoms with Gasteiger partial charge in [0.1, 0.15) is 17.3 Å². The van der Waals surface area contributed by atoms with Crippen molar-refractivity contribution in [1.29, 1.82) is 10.8 Å². The van der Waals surface area contributed by atoms with Crippen LogP contribution in [-0.4, -0.2) is 33.3 Å². The molecule has 1 aromatic carbocycles. The van der Waals surface area contributed by atoms with Crippen LogP contribution in [0.3, 0.4) is 0 Å². The Kier molecular flexibility index (Phi) is 5.64. The number of benzene rings is 1. The monoisotopic (exact) mass is 460 g/mol. The molecule has 0 saturated heterocycles. The minimum atomic E-state index is -4.94. The second kappa shape index (κ2) is 8.30. The van der Waals surface area contributed by atoms with E-state index >= 15 is 0 Å². The highest BCUT2D eigenvalue weighted by molar-refractivity contribution is 5.86. The van der Waals surface area contributed by atoms with Gasteiger partial charge in [0.25, 0.3) is 0 Å². The zero-order valence-corrected chi connectivity index (χ0v) is 17.8. The first kappa shape index (κ1) is 22.4. The van der Waals surface area contributed by atoms with Gasteiger partial charge in [-0.05, 0) is 43.2 Å². The second-order valence-corrected chi connectivity index (χ2v) is 7.69. The van der Waals surface area contributed by atoms with Gasteiger partial charge in [0.05, 0.1) is 6.20 Å². The first-order chi connectivity index (χ1) is 15.5. The molecule has 2 N–H and O–H groups in total. The number of rotatable bonds is 3. The van der Waals surface area contributed by atoms with E-state index < -0.39 is 23.3 Å². The maximum Gasteiger partial charge on any atom is 0.451 e. The molecule has 0 spiro atoms. The maximum atomic E-state index is 13.4. The molecular weight excluding hydrogens is 440 g/mol. The van der Waals surface area contributed by atoms with Crippen LogP contribution in [0, 0.1) is 30.5 Å². The zero-order valence-electron chi connectivity index (χ0n) is 17.8. The molecular formula is C22H20F4N6O. The smallest absolute Gasteiger partial charge is 0.451 e. The Labute approximate surface area is 186 Å². The molecule has 0 amide bonds. The first-order valence-corrected chi connectivity index (χ1v) is 10.0. The quantitative estimate of drug-likeness (QED) is 0.347. The molecule has 1 aliphatic heterocycles. The minimum absolute atomic E-state index is 0.264. The average molecular weight is 460 g/mol. The van der Waals surface area contributed by atoms with Crippen molar-refractivity contribution in [3.63, 3.8) is 0 Å². The van der Waals surface area contributed by atoms with E-state index in [0.29, 0.717) is 46.8 Å². The van der Waals surface area contributed by atoms with Gasteiger partial charge in [0, 0.05) is 36.8 Å². The van der Waals surface area contributed by atoms with Crippen LogP contribution < -0.4 is 15.1 Å². The zero-order chi connectivity index (χ0) is 23.9. The van der Waals surface area contributed by atoms with Crippen LogP contribution in [0.1, 0.15) is 22.4 Å². The van der Waals surface area contributed by atoms with Gasteiger partial charge in [-0.25, -0.2) is 4.39 Å². The number of hydrogen-bond donors (Lipinski definition) is 2. The van der Waals surface area contributed by atoms with Gasteiger partial charge >= 0.3 is 6.18 Å². The Bertz CT molecular complexity index is 1300. The summed E-state index contributed by atoms with van der Waals surface area (Å²) in [5.41, 5.74) is 2.00. The number of nitrogens with one attached hydrogen (secondary N) is 2. The van der Waals surface area contributed by atoms with E-state index in [-0.39, 0.29) is 5.82 Å². The van der Waals surface area contributed by atoms with Crippen molar-refractivity contribution in [2.75, 3.05) is 11.4 Å². The predicted molar refractivity (Wildman–Crippen MR) is 112 cm³/mol. The number of hydrogen-bond acceptors (Lipinski definition) is 6. The average Bonchev–Trinajstić information content (AvgIpc) is 2.76. The minimum Gasteiger partial charge on any atom is -0.456 e. The van der Waals surface area contributed by atoms with E-state index in [1.807, 2.05) is 0 Å². The van der Waals surface area contributed by atoms with Crippen LogP contribution in [0.15, 0.2) is 36.5 Å². The number of halogens is 4. The molecule has 7 nitrogen and oxygen atoms in total. The highest BCUT2D eigenvalue weighted by atomic mass is 19.4. The van der Waals surface area contributed by atoms with Crippen molar-refractivity contribution in [1.82, 2.24) is 14.8 Å². The number of ether oxygens (including phenoxy) is 1. The van der Waals surface area contributed by atoms with Gasteiger partial charge in [0.2, 0.25) is 5.84 Å². The van der Waals surface area contributed by atoms with Crippen molar-refractivity contribution in [2.45, 2.75) is 33.0 Å². The van der Waals surface area contributed by atoms with E-state index in [1.165, 1.54) is 25.1 Å². The standard InChI is InChI=1S/C22H20F4N6O/c1-12-13(2)20(30-32(19(12)27)21(28)22(24,25)26)31-7-6-18-14(11-31)8-17(10-29-18)33-16-5-3-4-15(23)9-16/h3-5,8-10,27-28H,6-7,11H2,1-2H3. The highest BCUT2D eigenvalue weighted by Crippen LogP contribution is 2.29. The first-order valence-electron chi connectivity index (χ1n) is 10.0. The van der Waals surface area contributed by atoms with Gasteiger partial charge < -0.3 is 9.64 Å². The predicted octanol–water partition coefficient (Wildman–Crippen LogP) is 4.26. The molecule has 0 unspecified atom stereocenters. The van der Waals surface area contributed by atoms with Crippen LogP contribution in [0.2, 0.25) is 0 Å². The van der Waals surface area contributed by atoms with Gasteiger partial charge in [-0.1, -0.05) is 6.07 Å². The summed E-state index contributed by atoms with van der Waals surface area (Å²) in [7, 11) is 0. The summed E-state index contributed by atoms with van der Waals surface area (Å²) in [5.74, 6) is -1.17. The molecule has 0 radical (unpaired) electrons. The third-order valence-corrected chi connectivity index (χ3v) is 5.49. The Hall–Kier alpha value is -3.76. The van der Waals surface area contributed by atoms with Gasteiger partial charge in [-0.3, -0.25) is 15.8 Å². The Morgan fingerprint density at radius 1 is 1.12 bits per heavy atom. The third-order valence-electron chi connectivity index (χ3n) is 5.49. The van der Waals surface area contributed by atoms with Crippen LogP contribution in [0.5, 0.6) is 11.5 Å². The van der Waals surface area contributed by atoms with Crippen LogP contribution in [0.4, 0.5) is 23.4 Å². The van der Waals surface area contributed by atoms with E-state index in [1.54, 1.807) is 30.2 Å². The molecule has 4 rings (SSSR count). The van der Waals surface area contributed by atoms with E-state index in [0.717, 1.165) is 11.3 Å². The van der Waals surface area contributed by atoms with Crippen LogP contribution in [-0.2, 0) is 13.0 Å². The molecule has 0 aliphatic carbocycles. The van der Waals surface area contributed by atoms with Crippen molar-refractivity contribution in [3.8, 4) is 11.5 Å². The summed E-state index contributed by atoms with van der Waals surface area (Å²) in [5, 5.41) is 19.5. The fourth-order valence-electron chi connectivity index (χ4n) is 3.61. The lowest BCUT2D eigenvalue weighted by atomic mass is 10.0. The van der Waals surface area contributed by atoms with E-state index in [4.69, 9.17) is 15.6 Å². The molecule has 33 heavy (non-hydrogen) atoms. The Morgan fingerprint density at radius 3 is 2.58 bits per heavy atom. The van der Waals surface area contributed by atoms with Crippen LogP contribution in [0.25, 0.3) is 0 Å². The summed E-state index contributed by atoms with van der Waals surface area (Å²) >= 11 is 0. The molecule has 2 aromatic heterocycles. The highest BCUT2D eigenvalue weighted by Gasteiger charge is 2.38. The SMILES string of the molecule is Cc1c(N2CCc3ncc(Oc4cccc(F)c4)cc3C2)nn(C(=N)C(F)(F)F)c(=N)c1C. The Balaban J connectivity index is 1.66. The number of alkyl halides is 3. The lowest BCUT2D eigenvalue weighted by Gasteiger charge is -2.31. The van der Waals surface area contributed by atoms with Crippen molar-refractivity contribution in [3.05, 3.63) is 70.2 Å². The van der Waals surface area contributed by atoms with Crippen molar-refractivity contribution < 1.29 is 22.3 Å². The molecule has 11 heteroatoms. The summed E-state index contributed by atoms with van der Waals surface area (Å²) in [6, 6.07) is 7.45. The molecule has 1 aliphatic rings. The molecule has 0 saturated carbocycles. The number of aromatic nitrogens is 3. The summed E-state index contributed by atoms with van der Waals surface area (Å²) in [6.45, 7) is 3.97. The largest absolute Gasteiger partial charge is 0.456 e. The molecule has 0 bridgehead atoms. The fourth-order valence-corrected chi connectivity index (χ4v) is 3.61. The summed E-state index contributed by atoms with van der Waals surface area (Å²) < 4.78 is 58.9. The lowest BCUT2D eigenvalue weighted by molar-refractivity contribution is -0.0632. The van der Waals surface area contributed by atoms with Crippen LogP contribution >= 0.6 is 0 Å². The number of pyridine rings is 1. The Morgan fingerprint density at radius 2 is 1.88 bits per heavy atom. The molecule has 0 atom stereocenters. The lowest BCUT2D eigenvalue weighted by Crippen LogP contribution is -2.42. The van der Waals surface area contributed by atoms with Crippen molar-refractivity contribution in [2.24, 2.45) is 0 Å². The van der Waals surface area contributed by atoms with E-state index in [2.05, 4.69) is 10.1 Å². The third kappa shape index (κ3) is 4.43. The molecule has 3 heterocycles. The topological polar surface area (TPSA) is 90.9 Å². The summed E-state index contributed by atoms with van der Waals surface area (Å²) in [6.07, 6.45) is -2.87. The van der Waals surface area contributed by atoms with Gasteiger partial charge in [-0.15, -0.1) is 5.10 Å². The maximum absolute atomic E-state index is 13.4. The number of fused-ring (bicyclic) bond motifs is 1. The van der Waals surface area contributed by atoms with Crippen molar-refractivity contribution >= 4 is 11.7 Å². The number of nitrogens with zero attached hydrogens (tertiary/aromatic N) is 4. The van der Waals surface area contributed by atoms with Gasteiger partial charge in [0.15, 0.2) is 11.3 Å². The summed E-state index contributed by atoms with van der Waals surface area (Å²) in [4.78, 5) is 6.20. The normalized spacial score (nSPS) is 13.6. The van der Waals surface area contributed by atoms with E-state index in [9.17, 15) is 17.6 Å².